The van der Waals surface area contributed by atoms with E-state index in [9.17, 15) is 23.0 Å². The molecule has 0 radical (unpaired) electrons. The molecule has 220 valence electrons. The Labute approximate surface area is 244 Å². The summed E-state index contributed by atoms with van der Waals surface area (Å²) in [6, 6.07) is 10.3. The van der Waals surface area contributed by atoms with Crippen molar-refractivity contribution in [2.75, 3.05) is 18.0 Å². The summed E-state index contributed by atoms with van der Waals surface area (Å²) in [4.78, 5) is 13.5. The minimum atomic E-state index is -4.54. The molecule has 0 saturated carbocycles. The molecule has 4 rings (SSSR count). The van der Waals surface area contributed by atoms with Gasteiger partial charge in [-0.3, -0.25) is 9.83 Å². The Kier molecular flexibility index (Phi) is 9.73. The van der Waals surface area contributed by atoms with Crippen molar-refractivity contribution >= 4 is 45.2 Å². The Morgan fingerprint density at radius 2 is 1.98 bits per heavy atom. The van der Waals surface area contributed by atoms with Gasteiger partial charge in [-0.25, -0.2) is 8.42 Å². The number of anilines is 1. The maximum Gasteiger partial charge on any atom is 0.303 e. The van der Waals surface area contributed by atoms with Gasteiger partial charge in [-0.05, 0) is 75.6 Å². The lowest BCUT2D eigenvalue weighted by atomic mass is 9.81. The van der Waals surface area contributed by atoms with Crippen molar-refractivity contribution in [1.82, 2.24) is 0 Å². The number of fused-ring (bicyclic) bond motifs is 2. The van der Waals surface area contributed by atoms with Gasteiger partial charge in [-0.15, -0.1) is 0 Å². The number of carboxylic acids is 1. The number of likely N-dealkylation sites (N-methyl/N-ethyl adjacent to an activating group) is 1. The lowest BCUT2D eigenvalue weighted by molar-refractivity contribution is -0.777. The number of carbonyl (C=O) groups is 1. The highest BCUT2D eigenvalue weighted by Gasteiger charge is 2.44. The first-order chi connectivity index (χ1) is 19.5. The van der Waals surface area contributed by atoms with Crippen LogP contribution in [0.25, 0.3) is 0 Å². The van der Waals surface area contributed by atoms with Crippen molar-refractivity contribution in [2.24, 2.45) is 0 Å². The fourth-order valence-electron chi connectivity index (χ4n) is 5.56. The molecule has 2 heterocycles. The minimum absolute atomic E-state index is 0.146. The summed E-state index contributed by atoms with van der Waals surface area (Å²) in [5, 5.41) is 22.8. The van der Waals surface area contributed by atoms with E-state index in [1.807, 2.05) is 37.3 Å². The third-order valence-corrected chi connectivity index (χ3v) is 8.90. The van der Waals surface area contributed by atoms with Crippen LogP contribution in [0.2, 0.25) is 0 Å². The van der Waals surface area contributed by atoms with Gasteiger partial charge in [0.25, 0.3) is 0 Å². The number of allylic oxidation sites excluding steroid dienone is 4. The highest BCUT2D eigenvalue weighted by molar-refractivity contribution is 7.94. The number of hydrogen-bond donors (Lipinski definition) is 1. The highest BCUT2D eigenvalue weighted by atomic mass is 32.2. The van der Waals surface area contributed by atoms with Crippen LogP contribution in [0.5, 0.6) is 0 Å². The van der Waals surface area contributed by atoms with E-state index in [2.05, 4.69) is 38.8 Å². The molecule has 1 N–H and O–H groups in total. The van der Waals surface area contributed by atoms with Crippen LogP contribution in [0.4, 0.5) is 11.4 Å². The molecule has 2 aliphatic heterocycles. The van der Waals surface area contributed by atoms with E-state index >= 15 is 0 Å². The molecule has 0 atom stereocenters. The number of benzene rings is 2. The maximum atomic E-state index is 11.5. The molecule has 0 amide bonds. The lowest BCUT2D eigenvalue weighted by Crippen LogP contribution is -2.28. The smallest absolute Gasteiger partial charge is 0.303 e. The molecule has 0 spiro atoms. The van der Waals surface area contributed by atoms with Crippen molar-refractivity contribution in [1.29, 1.82) is 0 Å². The quantitative estimate of drug-likeness (QED) is 0.0878. The Bertz CT molecular complexity index is 1510. The predicted molar refractivity (Wildman–Crippen MR) is 152 cm³/mol. The largest absolute Gasteiger partial charge is 0.744 e. The van der Waals surface area contributed by atoms with Crippen molar-refractivity contribution in [2.45, 2.75) is 68.1 Å². The van der Waals surface area contributed by atoms with E-state index in [-0.39, 0.29) is 16.7 Å². The normalized spacial score (nSPS) is 17.1. The fraction of sp³-hybridized carbons (Fsp3) is 0.379. The fourth-order valence-corrected chi connectivity index (χ4v) is 6.48. The summed E-state index contributed by atoms with van der Waals surface area (Å²) in [6.07, 6.45) is 8.92. The average molecular weight is 602 g/mol. The van der Waals surface area contributed by atoms with Crippen molar-refractivity contribution < 1.29 is 42.1 Å². The van der Waals surface area contributed by atoms with Gasteiger partial charge in [0.1, 0.15) is 16.7 Å². The lowest BCUT2D eigenvalue weighted by Gasteiger charge is -2.19. The number of aliphatic carboxylic acids is 1. The monoisotopic (exact) mass is 601 g/mol. The number of carboxylic acid groups (broad SMARTS) is 1. The zero-order valence-electron chi connectivity index (χ0n) is 23.2. The topological polar surface area (TPSA) is 142 Å². The van der Waals surface area contributed by atoms with Crippen LogP contribution in [-0.4, -0.2) is 47.4 Å². The van der Waals surface area contributed by atoms with E-state index < -0.39 is 16.1 Å². The molecule has 0 fully saturated rings. The molecule has 10 nitrogen and oxygen atoms in total. The standard InChI is InChI=1S/C29H34N2O8S2/c1-4-30-21(17-20-18-23(41(35,36)37)13-15-25(20)30)9-8-10-27-29(2,3)24-19-22(40-39-38-34)12-14-26(24)31(27)16-7-5-6-11-28(32)33/h8-10,12-15,18-19H,4-7,11,16-17H2,1-3H3,(H2-,32,33,34,35,36,37)/p-1. The predicted octanol–water partition coefficient (Wildman–Crippen LogP) is 4.37. The summed E-state index contributed by atoms with van der Waals surface area (Å²) >= 11 is 0.842. The first kappa shape index (κ1) is 30.9. The highest BCUT2D eigenvalue weighted by Crippen LogP contribution is 2.42. The molecule has 0 aromatic heterocycles. The molecule has 0 aliphatic carbocycles. The van der Waals surface area contributed by atoms with Crippen LogP contribution >= 0.6 is 12.0 Å². The molecule has 0 unspecified atom stereocenters. The molecule has 0 bridgehead atoms. The van der Waals surface area contributed by atoms with Crippen molar-refractivity contribution in [3.8, 4) is 0 Å². The first-order valence-electron chi connectivity index (χ1n) is 13.4. The second kappa shape index (κ2) is 12.9. The number of hydrogen-bond acceptors (Lipinski definition) is 9. The van der Waals surface area contributed by atoms with Crippen LogP contribution in [0, 0.1) is 0 Å². The first-order valence-corrected chi connectivity index (χ1v) is 15.5. The van der Waals surface area contributed by atoms with Crippen LogP contribution in [-0.2, 0) is 36.1 Å². The molecule has 41 heavy (non-hydrogen) atoms. The average Bonchev–Trinajstić information content (AvgIpc) is 3.37. The van der Waals surface area contributed by atoms with Gasteiger partial charge in [0, 0.05) is 59.8 Å². The van der Waals surface area contributed by atoms with Gasteiger partial charge in [0.05, 0.1) is 22.4 Å². The summed E-state index contributed by atoms with van der Waals surface area (Å²) in [6.45, 7) is 7.65. The molecule has 2 aromatic rings. The minimum Gasteiger partial charge on any atom is -0.744 e. The Hall–Kier alpha value is -3.00. The summed E-state index contributed by atoms with van der Waals surface area (Å²) in [5.41, 5.74) is 5.43. The van der Waals surface area contributed by atoms with Crippen LogP contribution in [0.15, 0.2) is 70.1 Å². The second-order valence-electron chi connectivity index (χ2n) is 10.4. The molecule has 12 heteroatoms. The van der Waals surface area contributed by atoms with E-state index in [0.717, 1.165) is 63.7 Å². The Morgan fingerprint density at radius 3 is 2.66 bits per heavy atom. The number of nitrogens with zero attached hydrogens (tertiary/aromatic N) is 2. The third-order valence-electron chi connectivity index (χ3n) is 7.50. The van der Waals surface area contributed by atoms with E-state index in [1.165, 1.54) is 12.1 Å². The van der Waals surface area contributed by atoms with Gasteiger partial charge >= 0.3 is 5.97 Å². The van der Waals surface area contributed by atoms with Crippen LogP contribution in [0.3, 0.4) is 0 Å². The Morgan fingerprint density at radius 1 is 1.20 bits per heavy atom. The van der Waals surface area contributed by atoms with E-state index in [4.69, 9.17) is 5.11 Å². The van der Waals surface area contributed by atoms with Crippen LogP contribution in [0.1, 0.15) is 57.6 Å². The molecule has 2 aliphatic rings. The SMILES string of the molecule is CCN1/C(=C\C=C\C2=[N+](CCCCCC(=O)O)c3ccc(SOO[O-])cc3C2(C)C)Cc2cc(S(=O)(=O)[O-])ccc21. The van der Waals surface area contributed by atoms with Gasteiger partial charge in [-0.2, -0.15) is 8.91 Å². The zero-order valence-corrected chi connectivity index (χ0v) is 24.8. The van der Waals surface area contributed by atoms with Gasteiger partial charge < -0.3 is 19.8 Å². The van der Waals surface area contributed by atoms with E-state index in [1.54, 1.807) is 6.07 Å². The summed E-state index contributed by atoms with van der Waals surface area (Å²) < 4.78 is 41.4. The Balaban J connectivity index is 1.63. The van der Waals surface area contributed by atoms with Gasteiger partial charge in [0.2, 0.25) is 5.69 Å². The second-order valence-corrected chi connectivity index (χ2v) is 12.6. The molecular weight excluding hydrogens is 568 g/mol. The van der Waals surface area contributed by atoms with Gasteiger partial charge in [-0.1, -0.05) is 6.08 Å². The third kappa shape index (κ3) is 6.91. The number of rotatable bonds is 13. The summed E-state index contributed by atoms with van der Waals surface area (Å²) in [5.74, 6) is -0.795. The number of unbranched alkanes of at least 4 members (excludes halogenated alkanes) is 2. The van der Waals surface area contributed by atoms with Crippen molar-refractivity contribution in [3.05, 3.63) is 71.5 Å². The molecular formula is C29H33N2O8S2-. The van der Waals surface area contributed by atoms with Gasteiger partial charge in [0.15, 0.2) is 5.71 Å². The maximum absolute atomic E-state index is 11.5. The van der Waals surface area contributed by atoms with E-state index in [0.29, 0.717) is 25.9 Å². The summed E-state index contributed by atoms with van der Waals surface area (Å²) in [7, 11) is -4.54. The zero-order chi connectivity index (χ0) is 29.8. The molecule has 0 saturated heterocycles. The van der Waals surface area contributed by atoms with Crippen LogP contribution < -0.4 is 10.2 Å². The molecule has 2 aromatic carbocycles. The van der Waals surface area contributed by atoms with Crippen molar-refractivity contribution in [3.63, 3.8) is 0 Å².